The van der Waals surface area contributed by atoms with Crippen LogP contribution in [0.1, 0.15) is 11.1 Å². The van der Waals surface area contributed by atoms with E-state index in [1.807, 2.05) is 55.5 Å². The molecule has 8 nitrogen and oxygen atoms in total. The van der Waals surface area contributed by atoms with Gasteiger partial charge in [-0.25, -0.2) is 0 Å². The lowest BCUT2D eigenvalue weighted by Crippen LogP contribution is -2.38. The highest BCUT2D eigenvalue weighted by molar-refractivity contribution is 7.71. The number of methoxy groups -OCH3 is 1. The Morgan fingerprint density at radius 2 is 1.90 bits per heavy atom. The van der Waals surface area contributed by atoms with Crippen LogP contribution < -0.4 is 15.4 Å². The fraction of sp³-hybridized carbons (Fsp3) is 0.238. The number of hydrogen-bond donors (Lipinski definition) is 3. The average molecular weight is 426 g/mol. The molecule has 3 N–H and O–H groups in total. The van der Waals surface area contributed by atoms with E-state index in [4.69, 9.17) is 17.0 Å². The highest BCUT2D eigenvalue weighted by atomic mass is 32.1. The number of aromatic nitrogens is 3. The zero-order chi connectivity index (χ0) is 21.5. The third-order valence-corrected chi connectivity index (χ3v) is 4.74. The van der Waals surface area contributed by atoms with Gasteiger partial charge < -0.3 is 15.4 Å². The van der Waals surface area contributed by atoms with E-state index in [2.05, 4.69) is 20.8 Å². The predicted octanol–water partition coefficient (Wildman–Crippen LogP) is 2.36. The van der Waals surface area contributed by atoms with Crippen LogP contribution in [-0.4, -0.2) is 40.2 Å². The molecular weight excluding hydrogens is 402 g/mol. The van der Waals surface area contributed by atoms with E-state index in [9.17, 15) is 9.59 Å². The van der Waals surface area contributed by atoms with E-state index in [1.165, 1.54) is 0 Å². The van der Waals surface area contributed by atoms with Crippen molar-refractivity contribution in [3.05, 3.63) is 64.4 Å². The summed E-state index contributed by atoms with van der Waals surface area (Å²) in [5.74, 6) is 0.706. The van der Waals surface area contributed by atoms with Crippen molar-refractivity contribution >= 4 is 24.0 Å². The Balaban J connectivity index is 1.53. The zero-order valence-electron chi connectivity index (χ0n) is 16.8. The Labute approximate surface area is 179 Å². The van der Waals surface area contributed by atoms with Crippen LogP contribution >= 0.6 is 12.2 Å². The summed E-state index contributed by atoms with van der Waals surface area (Å²) in [6.07, 6.45) is 0. The van der Waals surface area contributed by atoms with Crippen molar-refractivity contribution in [2.45, 2.75) is 20.0 Å². The topological polar surface area (TPSA) is 101 Å². The Morgan fingerprint density at radius 1 is 1.13 bits per heavy atom. The van der Waals surface area contributed by atoms with Gasteiger partial charge in [0.15, 0.2) is 10.6 Å². The van der Waals surface area contributed by atoms with Gasteiger partial charge in [-0.15, -0.1) is 0 Å². The molecule has 0 aliphatic heterocycles. The van der Waals surface area contributed by atoms with Crippen molar-refractivity contribution < 1.29 is 14.3 Å². The molecule has 0 atom stereocenters. The van der Waals surface area contributed by atoms with Crippen LogP contribution in [0.15, 0.2) is 48.5 Å². The maximum Gasteiger partial charge on any atom is 0.240 e. The Morgan fingerprint density at radius 3 is 2.60 bits per heavy atom. The van der Waals surface area contributed by atoms with Gasteiger partial charge in [-0.05, 0) is 42.9 Å². The molecule has 0 bridgehead atoms. The summed E-state index contributed by atoms with van der Waals surface area (Å²) in [7, 11) is 1.60. The molecule has 2 aromatic carbocycles. The van der Waals surface area contributed by atoms with Crippen molar-refractivity contribution in [3.8, 4) is 17.1 Å². The number of rotatable bonds is 8. The molecule has 2 amide bonds. The van der Waals surface area contributed by atoms with Crippen LogP contribution in [0.4, 0.5) is 0 Å². The van der Waals surface area contributed by atoms with Crippen molar-refractivity contribution in [2.24, 2.45) is 0 Å². The summed E-state index contributed by atoms with van der Waals surface area (Å²) in [5, 5.41) is 12.3. The molecule has 0 unspecified atom stereocenters. The van der Waals surface area contributed by atoms with E-state index in [-0.39, 0.29) is 24.9 Å². The first-order chi connectivity index (χ1) is 14.5. The number of hydrogen-bond acceptors (Lipinski definition) is 5. The molecule has 0 radical (unpaired) electrons. The molecule has 156 valence electrons. The lowest BCUT2D eigenvalue weighted by atomic mass is 10.1. The highest BCUT2D eigenvalue weighted by Gasteiger charge is 2.13. The van der Waals surface area contributed by atoms with Gasteiger partial charge in [0.1, 0.15) is 12.3 Å². The van der Waals surface area contributed by atoms with Crippen LogP contribution in [0.3, 0.4) is 0 Å². The molecule has 9 heteroatoms. The molecule has 0 saturated heterocycles. The van der Waals surface area contributed by atoms with Crippen molar-refractivity contribution in [2.75, 3.05) is 13.7 Å². The van der Waals surface area contributed by atoms with Gasteiger partial charge in [0.2, 0.25) is 11.8 Å². The first-order valence-electron chi connectivity index (χ1n) is 9.35. The smallest absolute Gasteiger partial charge is 0.240 e. The van der Waals surface area contributed by atoms with Crippen LogP contribution in [-0.2, 0) is 22.7 Å². The minimum absolute atomic E-state index is 0.0373. The summed E-state index contributed by atoms with van der Waals surface area (Å²) in [5.41, 5.74) is 2.86. The van der Waals surface area contributed by atoms with E-state index in [0.717, 1.165) is 22.4 Å². The molecule has 0 fully saturated rings. The van der Waals surface area contributed by atoms with Gasteiger partial charge in [0.05, 0.1) is 13.7 Å². The number of aryl methyl sites for hydroxylation is 1. The van der Waals surface area contributed by atoms with Gasteiger partial charge in [-0.3, -0.25) is 19.3 Å². The molecule has 0 aliphatic rings. The number of ether oxygens (including phenoxy) is 1. The molecular formula is C21H23N5O3S. The van der Waals surface area contributed by atoms with Crippen molar-refractivity contribution in [3.63, 3.8) is 0 Å². The molecule has 0 spiro atoms. The zero-order valence-corrected chi connectivity index (χ0v) is 17.6. The van der Waals surface area contributed by atoms with Gasteiger partial charge in [-0.1, -0.05) is 35.9 Å². The monoisotopic (exact) mass is 425 g/mol. The van der Waals surface area contributed by atoms with Crippen LogP contribution in [0.5, 0.6) is 5.75 Å². The van der Waals surface area contributed by atoms with Crippen LogP contribution in [0, 0.1) is 11.7 Å². The molecule has 0 aliphatic carbocycles. The molecule has 3 rings (SSSR count). The van der Waals surface area contributed by atoms with Crippen LogP contribution in [0.25, 0.3) is 11.4 Å². The van der Waals surface area contributed by atoms with E-state index in [0.29, 0.717) is 17.1 Å². The van der Waals surface area contributed by atoms with Gasteiger partial charge >= 0.3 is 0 Å². The number of carbonyl (C=O) groups excluding carboxylic acids is 2. The fourth-order valence-electron chi connectivity index (χ4n) is 2.85. The third-order valence-electron chi connectivity index (χ3n) is 4.43. The minimum Gasteiger partial charge on any atom is -0.497 e. The standard InChI is InChI=1S/C21H23N5O3S/c1-14-4-3-5-16(10-14)20-24-25-21(30)26(20)13-19(28)23-12-18(27)22-11-15-6-8-17(29-2)9-7-15/h3-10H,11-13H2,1-2H3,(H,22,27)(H,23,28)(H,25,30). The molecule has 30 heavy (non-hydrogen) atoms. The largest absolute Gasteiger partial charge is 0.497 e. The Kier molecular flexibility index (Phi) is 6.97. The Hall–Kier alpha value is -3.46. The fourth-order valence-corrected chi connectivity index (χ4v) is 3.05. The summed E-state index contributed by atoms with van der Waals surface area (Å²) in [6, 6.07) is 15.1. The van der Waals surface area contributed by atoms with E-state index < -0.39 is 0 Å². The molecule has 3 aromatic rings. The van der Waals surface area contributed by atoms with E-state index >= 15 is 0 Å². The SMILES string of the molecule is COc1ccc(CNC(=O)CNC(=O)Cn2c(-c3cccc(C)c3)n[nH]c2=S)cc1. The number of amides is 2. The summed E-state index contributed by atoms with van der Waals surface area (Å²) < 4.78 is 7.05. The maximum absolute atomic E-state index is 12.3. The first kappa shape index (κ1) is 21.3. The quantitative estimate of drug-likeness (QED) is 0.481. The molecule has 0 saturated carbocycles. The number of nitrogens with zero attached hydrogens (tertiary/aromatic N) is 2. The number of H-pyrrole nitrogens is 1. The van der Waals surface area contributed by atoms with Gasteiger partial charge in [-0.2, -0.15) is 5.10 Å². The normalized spacial score (nSPS) is 10.5. The lowest BCUT2D eigenvalue weighted by molar-refractivity contribution is -0.126. The second-order valence-corrected chi connectivity index (χ2v) is 7.10. The van der Waals surface area contributed by atoms with Gasteiger partial charge in [0.25, 0.3) is 0 Å². The number of carbonyl (C=O) groups is 2. The number of nitrogens with one attached hydrogen (secondary N) is 3. The molecule has 1 heterocycles. The first-order valence-corrected chi connectivity index (χ1v) is 9.75. The van der Waals surface area contributed by atoms with Crippen molar-refractivity contribution in [1.29, 1.82) is 0 Å². The Bertz CT molecular complexity index is 1090. The summed E-state index contributed by atoms with van der Waals surface area (Å²) in [4.78, 5) is 24.4. The van der Waals surface area contributed by atoms with E-state index in [1.54, 1.807) is 11.7 Å². The second kappa shape index (κ2) is 9.84. The summed E-state index contributed by atoms with van der Waals surface area (Å²) >= 11 is 5.25. The minimum atomic E-state index is -0.332. The lowest BCUT2D eigenvalue weighted by Gasteiger charge is -2.09. The van der Waals surface area contributed by atoms with Crippen molar-refractivity contribution in [1.82, 2.24) is 25.4 Å². The number of aromatic amines is 1. The average Bonchev–Trinajstić information content (AvgIpc) is 3.11. The second-order valence-electron chi connectivity index (χ2n) is 6.71. The van der Waals surface area contributed by atoms with Crippen LogP contribution in [0.2, 0.25) is 0 Å². The predicted molar refractivity (Wildman–Crippen MR) is 115 cm³/mol. The highest BCUT2D eigenvalue weighted by Crippen LogP contribution is 2.18. The maximum atomic E-state index is 12.3. The molecule has 1 aromatic heterocycles. The van der Waals surface area contributed by atoms with Gasteiger partial charge in [0, 0.05) is 12.1 Å². The number of benzene rings is 2. The summed E-state index contributed by atoms with van der Waals surface area (Å²) in [6.45, 7) is 2.18. The third kappa shape index (κ3) is 5.54.